The molecule has 0 radical (unpaired) electrons. The topological polar surface area (TPSA) is 34.1 Å². The van der Waals surface area contributed by atoms with E-state index < -0.39 is 0 Å². The van der Waals surface area contributed by atoms with Crippen LogP contribution < -0.4 is 0 Å². The van der Waals surface area contributed by atoms with Gasteiger partial charge in [-0.25, -0.2) is 0 Å². The third-order valence-corrected chi connectivity index (χ3v) is 5.83. The van der Waals surface area contributed by atoms with E-state index in [4.69, 9.17) is 0 Å². The van der Waals surface area contributed by atoms with Crippen molar-refractivity contribution in [1.29, 1.82) is 0 Å². The number of carbonyl (C=O) groups is 2. The predicted molar refractivity (Wildman–Crippen MR) is 70.3 cm³/mol. The minimum atomic E-state index is 0.0819. The van der Waals surface area contributed by atoms with Gasteiger partial charge in [0, 0.05) is 25.7 Å². The third kappa shape index (κ3) is 1.85. The van der Waals surface area contributed by atoms with Gasteiger partial charge in [-0.15, -0.1) is 0 Å². The van der Waals surface area contributed by atoms with E-state index in [9.17, 15) is 9.59 Å². The van der Waals surface area contributed by atoms with Crippen LogP contribution in [0.1, 0.15) is 77.0 Å². The molecular formula is C16H24O2. The maximum absolute atomic E-state index is 12.0. The van der Waals surface area contributed by atoms with E-state index in [2.05, 4.69) is 0 Å². The van der Waals surface area contributed by atoms with Crippen molar-refractivity contribution in [3.63, 3.8) is 0 Å². The highest BCUT2D eigenvalue weighted by Gasteiger charge is 2.61. The van der Waals surface area contributed by atoms with E-state index in [1.54, 1.807) is 0 Å². The van der Waals surface area contributed by atoms with Crippen molar-refractivity contribution in [2.24, 2.45) is 10.8 Å². The van der Waals surface area contributed by atoms with Crippen LogP contribution in [0.25, 0.3) is 0 Å². The Morgan fingerprint density at radius 2 is 0.889 bits per heavy atom. The minimum absolute atomic E-state index is 0.0819. The fourth-order valence-corrected chi connectivity index (χ4v) is 5.03. The van der Waals surface area contributed by atoms with Gasteiger partial charge in [-0.05, 0) is 23.7 Å². The molecule has 3 fully saturated rings. The summed E-state index contributed by atoms with van der Waals surface area (Å²) in [6.07, 6.45) is 12.8. The zero-order valence-electron chi connectivity index (χ0n) is 11.3. The molecular weight excluding hydrogens is 224 g/mol. The lowest BCUT2D eigenvalue weighted by atomic mass is 9.63. The van der Waals surface area contributed by atoms with Crippen molar-refractivity contribution >= 4 is 11.6 Å². The normalized spacial score (nSPS) is 41.6. The highest BCUT2D eigenvalue weighted by atomic mass is 16.1. The summed E-state index contributed by atoms with van der Waals surface area (Å²) in [5.74, 6) is 0.864. The van der Waals surface area contributed by atoms with Crippen LogP contribution in [0.2, 0.25) is 0 Å². The molecule has 0 spiro atoms. The van der Waals surface area contributed by atoms with Crippen LogP contribution in [0.15, 0.2) is 0 Å². The summed E-state index contributed by atoms with van der Waals surface area (Å²) in [5.41, 5.74) is 0.164. The van der Waals surface area contributed by atoms with Crippen LogP contribution in [0, 0.1) is 10.8 Å². The number of rotatable bonds is 0. The molecule has 3 saturated carbocycles. The standard InChI is InChI=1S/C16H24O2/c17-13-9-15-7-5-3-1-2-4-6-8-16(15,11-13)12-14(18)10-15/h1-12H2. The smallest absolute Gasteiger partial charge is 0.134 e. The first-order valence-corrected chi connectivity index (χ1v) is 7.69. The van der Waals surface area contributed by atoms with E-state index in [0.29, 0.717) is 37.2 Å². The van der Waals surface area contributed by atoms with E-state index in [1.165, 1.54) is 38.5 Å². The molecule has 100 valence electrons. The molecule has 0 heterocycles. The first-order valence-electron chi connectivity index (χ1n) is 7.69. The monoisotopic (exact) mass is 248 g/mol. The number of hydrogen-bond donors (Lipinski definition) is 0. The van der Waals surface area contributed by atoms with Crippen molar-refractivity contribution in [3.8, 4) is 0 Å². The summed E-state index contributed by atoms with van der Waals surface area (Å²) in [6.45, 7) is 0. The Morgan fingerprint density at radius 3 is 1.28 bits per heavy atom. The molecule has 0 atom stereocenters. The van der Waals surface area contributed by atoms with Crippen molar-refractivity contribution in [3.05, 3.63) is 0 Å². The molecule has 0 saturated heterocycles. The van der Waals surface area contributed by atoms with Crippen LogP contribution >= 0.6 is 0 Å². The predicted octanol–water partition coefficient (Wildman–Crippen LogP) is 3.82. The number of hydrogen-bond acceptors (Lipinski definition) is 2. The zero-order chi connectivity index (χ0) is 12.6. The molecule has 3 aliphatic rings. The Bertz CT molecular complexity index is 317. The summed E-state index contributed by atoms with van der Waals surface area (Å²) in [5, 5.41) is 0. The molecule has 0 aromatic carbocycles. The summed E-state index contributed by atoms with van der Waals surface area (Å²) in [7, 11) is 0. The number of ketones is 2. The summed E-state index contributed by atoms with van der Waals surface area (Å²) < 4.78 is 0. The van der Waals surface area contributed by atoms with Crippen molar-refractivity contribution < 1.29 is 9.59 Å². The minimum Gasteiger partial charge on any atom is -0.300 e. The summed E-state index contributed by atoms with van der Waals surface area (Å²) in [4.78, 5) is 24.0. The first kappa shape index (κ1) is 12.4. The molecule has 0 bridgehead atoms. The highest BCUT2D eigenvalue weighted by molar-refractivity contribution is 5.91. The van der Waals surface area contributed by atoms with E-state index in [1.807, 2.05) is 0 Å². The molecule has 0 unspecified atom stereocenters. The van der Waals surface area contributed by atoms with Crippen molar-refractivity contribution in [1.82, 2.24) is 0 Å². The molecule has 0 aromatic heterocycles. The van der Waals surface area contributed by atoms with E-state index in [-0.39, 0.29) is 10.8 Å². The summed E-state index contributed by atoms with van der Waals surface area (Å²) in [6, 6.07) is 0. The second kappa shape index (κ2) is 4.47. The second-order valence-electron chi connectivity index (χ2n) is 6.97. The molecule has 2 heteroatoms. The molecule has 2 nitrogen and oxygen atoms in total. The second-order valence-corrected chi connectivity index (χ2v) is 6.97. The Hall–Kier alpha value is -0.660. The van der Waals surface area contributed by atoms with Crippen molar-refractivity contribution in [2.45, 2.75) is 77.0 Å². The molecule has 0 aliphatic heterocycles. The fraction of sp³-hybridized carbons (Fsp3) is 0.875. The van der Waals surface area contributed by atoms with E-state index in [0.717, 1.165) is 12.8 Å². The molecule has 0 N–H and O–H groups in total. The van der Waals surface area contributed by atoms with Gasteiger partial charge in [-0.2, -0.15) is 0 Å². The van der Waals surface area contributed by atoms with Gasteiger partial charge in [0.15, 0.2) is 0 Å². The molecule has 0 aromatic rings. The van der Waals surface area contributed by atoms with Gasteiger partial charge in [-0.3, -0.25) is 9.59 Å². The van der Waals surface area contributed by atoms with Gasteiger partial charge in [0.2, 0.25) is 0 Å². The van der Waals surface area contributed by atoms with Crippen LogP contribution in [-0.4, -0.2) is 11.6 Å². The van der Waals surface area contributed by atoms with Gasteiger partial charge >= 0.3 is 0 Å². The maximum Gasteiger partial charge on any atom is 0.134 e. The Balaban J connectivity index is 1.91. The van der Waals surface area contributed by atoms with Gasteiger partial charge in [0.05, 0.1) is 0 Å². The van der Waals surface area contributed by atoms with Gasteiger partial charge in [0.1, 0.15) is 11.6 Å². The fourth-order valence-electron chi connectivity index (χ4n) is 5.03. The first-order chi connectivity index (χ1) is 8.66. The van der Waals surface area contributed by atoms with Crippen LogP contribution in [0.4, 0.5) is 0 Å². The highest BCUT2D eigenvalue weighted by Crippen LogP contribution is 2.65. The Labute approximate surface area is 110 Å². The van der Waals surface area contributed by atoms with Gasteiger partial charge in [-0.1, -0.05) is 38.5 Å². The van der Waals surface area contributed by atoms with Crippen molar-refractivity contribution in [2.75, 3.05) is 0 Å². The van der Waals surface area contributed by atoms with E-state index >= 15 is 0 Å². The lowest BCUT2D eigenvalue weighted by Crippen LogP contribution is -2.32. The van der Waals surface area contributed by atoms with Crippen LogP contribution in [-0.2, 0) is 9.59 Å². The summed E-state index contributed by atoms with van der Waals surface area (Å²) >= 11 is 0. The Morgan fingerprint density at radius 1 is 0.556 bits per heavy atom. The molecule has 3 rings (SSSR count). The lowest BCUT2D eigenvalue weighted by Gasteiger charge is -2.40. The van der Waals surface area contributed by atoms with Gasteiger partial charge in [0.25, 0.3) is 0 Å². The largest absolute Gasteiger partial charge is 0.300 e. The molecule has 3 aliphatic carbocycles. The quantitative estimate of drug-likeness (QED) is 0.653. The lowest BCUT2D eigenvalue weighted by molar-refractivity contribution is -0.120. The molecule has 0 amide bonds. The average molecular weight is 248 g/mol. The SMILES string of the molecule is O=C1CC23CCCCCCCCC2(C1)CC(=O)C3. The zero-order valence-corrected chi connectivity index (χ0v) is 11.3. The number of Topliss-reactive ketones (excluding diaryl/α,β-unsaturated/α-hetero) is 2. The number of carbonyl (C=O) groups excluding carboxylic acids is 2. The molecule has 18 heavy (non-hydrogen) atoms. The van der Waals surface area contributed by atoms with Crippen LogP contribution in [0.3, 0.4) is 0 Å². The average Bonchev–Trinajstić information content (AvgIpc) is 2.69. The third-order valence-electron chi connectivity index (χ3n) is 5.83. The Kier molecular flexibility index (Phi) is 3.07. The van der Waals surface area contributed by atoms with Gasteiger partial charge < -0.3 is 0 Å². The van der Waals surface area contributed by atoms with Crippen LogP contribution in [0.5, 0.6) is 0 Å². The maximum atomic E-state index is 12.0.